The van der Waals surface area contributed by atoms with E-state index in [1.165, 1.54) is 24.2 Å². The molecule has 3 nitrogen and oxygen atoms in total. The van der Waals surface area contributed by atoms with Crippen molar-refractivity contribution < 1.29 is 4.79 Å². The molecule has 4 bridgehead atoms. The summed E-state index contributed by atoms with van der Waals surface area (Å²) < 4.78 is 0. The number of benzene rings is 1. The number of piperidine rings is 1. The molecule has 1 aliphatic heterocycles. The molecule has 4 saturated carbocycles. The maximum Gasteiger partial charge on any atom is 0.228 e. The zero-order chi connectivity index (χ0) is 21.1. The van der Waals surface area contributed by atoms with Gasteiger partial charge in [-0.05, 0) is 84.7 Å². The molecule has 0 spiro atoms. The van der Waals surface area contributed by atoms with Crippen LogP contribution in [0.4, 0.5) is 0 Å². The topological polar surface area (TPSA) is 46.3 Å². The van der Waals surface area contributed by atoms with E-state index < -0.39 is 0 Å². The molecule has 1 saturated heterocycles. The highest BCUT2D eigenvalue weighted by atomic mass is 32.2. The second-order valence-electron chi connectivity index (χ2n) is 11.7. The van der Waals surface area contributed by atoms with E-state index in [1.807, 2.05) is 11.8 Å². The summed E-state index contributed by atoms with van der Waals surface area (Å²) in [6, 6.07) is 11.4. The lowest BCUT2D eigenvalue weighted by Gasteiger charge is -2.65. The van der Waals surface area contributed by atoms with E-state index in [0.29, 0.717) is 17.7 Å². The van der Waals surface area contributed by atoms with Gasteiger partial charge in [0.15, 0.2) is 0 Å². The minimum absolute atomic E-state index is 0.00864. The molecule has 30 heavy (non-hydrogen) atoms. The normalized spacial score (nSPS) is 41.8. The first kappa shape index (κ1) is 20.9. The second kappa shape index (κ2) is 7.27. The molecule has 2 N–H and O–H groups in total. The second-order valence-corrected chi connectivity index (χ2v) is 12.6. The van der Waals surface area contributed by atoms with Crippen LogP contribution in [0.25, 0.3) is 0 Å². The summed E-state index contributed by atoms with van der Waals surface area (Å²) in [6.07, 6.45) is 9.04. The van der Waals surface area contributed by atoms with Gasteiger partial charge >= 0.3 is 0 Å². The minimum Gasteiger partial charge on any atom is -0.342 e. The maximum absolute atomic E-state index is 14.2. The van der Waals surface area contributed by atoms with Crippen LogP contribution in [0.1, 0.15) is 57.9 Å². The fourth-order valence-electron chi connectivity index (χ4n) is 7.97. The molecule has 1 amide bonds. The first-order chi connectivity index (χ1) is 14.3. The number of amides is 1. The van der Waals surface area contributed by atoms with E-state index >= 15 is 0 Å². The quantitative estimate of drug-likeness (QED) is 0.759. The Morgan fingerprint density at radius 1 is 1.13 bits per heavy atom. The van der Waals surface area contributed by atoms with Gasteiger partial charge in [0.25, 0.3) is 0 Å². The molecule has 1 aromatic carbocycles. The van der Waals surface area contributed by atoms with Gasteiger partial charge in [0.1, 0.15) is 0 Å². The van der Waals surface area contributed by atoms with Crippen molar-refractivity contribution in [3.05, 3.63) is 35.9 Å². The zero-order valence-electron chi connectivity index (χ0n) is 18.9. The van der Waals surface area contributed by atoms with Crippen molar-refractivity contribution in [2.75, 3.05) is 25.1 Å². The molecular formula is C26H38N2OS. The lowest BCUT2D eigenvalue weighted by atomic mass is 9.40. The van der Waals surface area contributed by atoms with Crippen LogP contribution in [0.2, 0.25) is 0 Å². The Balaban J connectivity index is 1.49. The number of carbonyl (C=O) groups excluding carboxylic acids is 1. The summed E-state index contributed by atoms with van der Waals surface area (Å²) in [7, 11) is 0. The van der Waals surface area contributed by atoms with Gasteiger partial charge in [0.2, 0.25) is 5.91 Å². The Morgan fingerprint density at radius 3 is 2.40 bits per heavy atom. The van der Waals surface area contributed by atoms with Gasteiger partial charge in [-0.2, -0.15) is 11.8 Å². The SMILES string of the molecule is CSCC1C2CC3(C(=O)N4CC[C@H](N)C(C)(C)C4)CC1CC(c1ccccc1)(C2)C3. The Hall–Kier alpha value is -1.00. The van der Waals surface area contributed by atoms with Crippen LogP contribution in [0.3, 0.4) is 0 Å². The molecule has 164 valence electrons. The summed E-state index contributed by atoms with van der Waals surface area (Å²) in [5.41, 5.74) is 7.95. The average Bonchev–Trinajstić information content (AvgIpc) is 2.72. The van der Waals surface area contributed by atoms with Gasteiger partial charge in [-0.25, -0.2) is 0 Å². The highest BCUT2D eigenvalue weighted by Crippen LogP contribution is 2.68. The number of thioether (sulfide) groups is 1. The number of carbonyl (C=O) groups is 1. The largest absolute Gasteiger partial charge is 0.342 e. The maximum atomic E-state index is 14.2. The number of likely N-dealkylation sites (tertiary alicyclic amines) is 1. The molecule has 3 atom stereocenters. The van der Waals surface area contributed by atoms with E-state index in [2.05, 4.69) is 55.3 Å². The Kier molecular flexibility index (Phi) is 5.06. The number of nitrogens with zero attached hydrogens (tertiary/aromatic N) is 1. The highest BCUT2D eigenvalue weighted by molar-refractivity contribution is 7.98. The number of hydrogen-bond donors (Lipinski definition) is 1. The Morgan fingerprint density at radius 2 is 1.80 bits per heavy atom. The van der Waals surface area contributed by atoms with Crippen LogP contribution in [0.15, 0.2) is 30.3 Å². The van der Waals surface area contributed by atoms with Crippen molar-refractivity contribution in [2.24, 2.45) is 34.3 Å². The lowest BCUT2D eigenvalue weighted by molar-refractivity contribution is -0.169. The number of rotatable bonds is 4. The first-order valence-corrected chi connectivity index (χ1v) is 13.3. The van der Waals surface area contributed by atoms with Gasteiger partial charge in [0.05, 0.1) is 5.41 Å². The molecule has 0 aromatic heterocycles. The smallest absolute Gasteiger partial charge is 0.228 e. The Labute approximate surface area is 186 Å². The van der Waals surface area contributed by atoms with Crippen LogP contribution in [0.5, 0.6) is 0 Å². The van der Waals surface area contributed by atoms with Gasteiger partial charge in [-0.1, -0.05) is 44.2 Å². The van der Waals surface area contributed by atoms with Crippen LogP contribution in [0, 0.1) is 28.6 Å². The predicted molar refractivity (Wildman–Crippen MR) is 125 cm³/mol. The van der Waals surface area contributed by atoms with Crippen molar-refractivity contribution in [3.8, 4) is 0 Å². The van der Waals surface area contributed by atoms with Gasteiger partial charge in [0, 0.05) is 19.1 Å². The molecule has 1 aromatic rings. The van der Waals surface area contributed by atoms with Crippen molar-refractivity contribution in [3.63, 3.8) is 0 Å². The van der Waals surface area contributed by atoms with Gasteiger partial charge in [-0.15, -0.1) is 0 Å². The molecule has 4 aliphatic carbocycles. The molecule has 6 rings (SSSR count). The molecule has 0 radical (unpaired) electrons. The van der Waals surface area contributed by atoms with Crippen molar-refractivity contribution in [1.29, 1.82) is 0 Å². The third-order valence-electron chi connectivity index (χ3n) is 9.30. The number of hydrogen-bond acceptors (Lipinski definition) is 3. The summed E-state index contributed by atoms with van der Waals surface area (Å²) in [4.78, 5) is 16.4. The summed E-state index contributed by atoms with van der Waals surface area (Å²) >= 11 is 2.00. The average molecular weight is 427 g/mol. The van der Waals surface area contributed by atoms with E-state index in [0.717, 1.165) is 44.7 Å². The minimum atomic E-state index is -0.145. The Bertz CT molecular complexity index is 791. The molecule has 1 heterocycles. The third kappa shape index (κ3) is 3.16. The van der Waals surface area contributed by atoms with Gasteiger partial charge < -0.3 is 10.6 Å². The summed E-state index contributed by atoms with van der Waals surface area (Å²) in [5.74, 6) is 3.91. The molecule has 4 heteroatoms. The molecule has 5 aliphatic rings. The van der Waals surface area contributed by atoms with Crippen molar-refractivity contribution in [1.82, 2.24) is 4.90 Å². The standard InChI is InChI=1S/C26H38N2OS/c1-24(2)17-28(10-9-22(24)27)23(29)26-13-18-11-25(16-26,20-7-5-4-6-8-20)12-19(14-26)21(18)15-30-3/h4-8,18-19,21-22H,9-17,27H2,1-3H3/t18?,19?,21?,22-,25?,26?/m0/s1. The number of nitrogens with two attached hydrogens (primary N) is 1. The third-order valence-corrected chi connectivity index (χ3v) is 10.0. The van der Waals surface area contributed by atoms with Crippen molar-refractivity contribution >= 4 is 17.7 Å². The summed E-state index contributed by atoms with van der Waals surface area (Å²) in [6.45, 7) is 6.12. The zero-order valence-corrected chi connectivity index (χ0v) is 19.7. The first-order valence-electron chi connectivity index (χ1n) is 11.9. The molecular weight excluding hydrogens is 388 g/mol. The fourth-order valence-corrected chi connectivity index (χ4v) is 8.90. The van der Waals surface area contributed by atoms with E-state index in [4.69, 9.17) is 5.73 Å². The van der Waals surface area contributed by atoms with E-state index in [-0.39, 0.29) is 22.3 Å². The lowest BCUT2D eigenvalue weighted by Crippen LogP contribution is -2.64. The van der Waals surface area contributed by atoms with Crippen LogP contribution >= 0.6 is 11.8 Å². The van der Waals surface area contributed by atoms with Crippen molar-refractivity contribution in [2.45, 2.75) is 63.8 Å². The van der Waals surface area contributed by atoms with E-state index in [1.54, 1.807) is 0 Å². The van der Waals surface area contributed by atoms with Crippen LogP contribution < -0.4 is 5.73 Å². The molecule has 5 fully saturated rings. The van der Waals surface area contributed by atoms with Crippen LogP contribution in [-0.2, 0) is 10.2 Å². The van der Waals surface area contributed by atoms with Crippen LogP contribution in [-0.4, -0.2) is 41.9 Å². The van der Waals surface area contributed by atoms with E-state index in [9.17, 15) is 4.79 Å². The fraction of sp³-hybridized carbons (Fsp3) is 0.731. The molecule has 2 unspecified atom stereocenters. The van der Waals surface area contributed by atoms with Gasteiger partial charge in [-0.3, -0.25) is 4.79 Å². The summed E-state index contributed by atoms with van der Waals surface area (Å²) in [5, 5.41) is 0. The monoisotopic (exact) mass is 426 g/mol. The highest BCUT2D eigenvalue weighted by Gasteiger charge is 2.64. The predicted octanol–water partition coefficient (Wildman–Crippen LogP) is 4.70.